The zero-order valence-electron chi connectivity index (χ0n) is 9.03. The van der Waals surface area contributed by atoms with E-state index in [0.29, 0.717) is 13.0 Å². The number of rotatable bonds is 2. The second kappa shape index (κ2) is 3.87. The van der Waals surface area contributed by atoms with Crippen molar-refractivity contribution in [2.45, 2.75) is 24.8 Å². The van der Waals surface area contributed by atoms with Gasteiger partial charge in [-0.25, -0.2) is 4.39 Å². The molecule has 1 aromatic rings. The van der Waals surface area contributed by atoms with Gasteiger partial charge in [0.15, 0.2) is 0 Å². The fraction of sp³-hybridized carbons (Fsp3) is 0.417. The first-order valence-corrected chi connectivity index (χ1v) is 5.23. The van der Waals surface area contributed by atoms with Crippen LogP contribution >= 0.6 is 0 Å². The quantitative estimate of drug-likeness (QED) is 0.799. The van der Waals surface area contributed by atoms with Crippen molar-refractivity contribution in [3.05, 3.63) is 35.6 Å². The van der Waals surface area contributed by atoms with Crippen molar-refractivity contribution in [2.75, 3.05) is 6.54 Å². The minimum Gasteiger partial charge on any atom is -0.480 e. The van der Waals surface area contributed by atoms with Crippen LogP contribution in [0.1, 0.15) is 18.9 Å². The van der Waals surface area contributed by atoms with Crippen molar-refractivity contribution in [1.82, 2.24) is 5.32 Å². The molecule has 0 bridgehead atoms. The lowest BCUT2D eigenvalue weighted by atomic mass is 9.80. The van der Waals surface area contributed by atoms with Gasteiger partial charge in [0, 0.05) is 12.0 Å². The van der Waals surface area contributed by atoms with Crippen molar-refractivity contribution in [2.24, 2.45) is 0 Å². The number of carboxylic acids is 1. The minimum atomic E-state index is -0.847. The maximum absolute atomic E-state index is 13.1. The summed E-state index contributed by atoms with van der Waals surface area (Å²) in [7, 11) is 0. The smallest absolute Gasteiger partial charge is 0.320 e. The summed E-state index contributed by atoms with van der Waals surface area (Å²) in [6.07, 6.45) is 0.492. The van der Waals surface area contributed by atoms with E-state index in [9.17, 15) is 9.18 Å². The summed E-state index contributed by atoms with van der Waals surface area (Å²) in [4.78, 5) is 10.9. The summed E-state index contributed by atoms with van der Waals surface area (Å²) >= 11 is 0. The molecule has 1 heterocycles. The molecule has 2 atom stereocenters. The van der Waals surface area contributed by atoms with Crippen LogP contribution in [0, 0.1) is 5.82 Å². The van der Waals surface area contributed by atoms with E-state index in [0.717, 1.165) is 5.56 Å². The number of hydrogen-bond acceptors (Lipinski definition) is 2. The summed E-state index contributed by atoms with van der Waals surface area (Å²) < 4.78 is 13.1. The van der Waals surface area contributed by atoms with Crippen molar-refractivity contribution in [3.63, 3.8) is 0 Å². The Hall–Kier alpha value is -1.42. The predicted molar refractivity (Wildman–Crippen MR) is 57.8 cm³/mol. The van der Waals surface area contributed by atoms with Crippen molar-refractivity contribution < 1.29 is 14.3 Å². The van der Waals surface area contributed by atoms with Gasteiger partial charge in [-0.1, -0.05) is 19.1 Å². The molecule has 1 fully saturated rings. The highest BCUT2D eigenvalue weighted by molar-refractivity contribution is 5.74. The zero-order valence-corrected chi connectivity index (χ0v) is 9.03. The first-order chi connectivity index (χ1) is 7.51. The Morgan fingerprint density at radius 2 is 2.38 bits per heavy atom. The number of benzene rings is 1. The Balaban J connectivity index is 2.24. The highest BCUT2D eigenvalue weighted by Gasteiger charge is 2.39. The molecule has 2 N–H and O–H groups in total. The van der Waals surface area contributed by atoms with Gasteiger partial charge in [0.25, 0.3) is 0 Å². The van der Waals surface area contributed by atoms with Crippen molar-refractivity contribution in [1.29, 1.82) is 0 Å². The molecule has 0 spiro atoms. The number of nitrogens with one attached hydrogen (secondary N) is 1. The van der Waals surface area contributed by atoms with E-state index in [2.05, 4.69) is 5.32 Å². The fourth-order valence-corrected chi connectivity index (χ4v) is 2.20. The molecule has 1 aliphatic rings. The van der Waals surface area contributed by atoms with E-state index in [4.69, 9.17) is 5.11 Å². The van der Waals surface area contributed by atoms with Crippen LogP contribution in [0.25, 0.3) is 0 Å². The van der Waals surface area contributed by atoms with Gasteiger partial charge in [0.1, 0.15) is 11.9 Å². The Labute approximate surface area is 93.3 Å². The third kappa shape index (κ3) is 1.93. The summed E-state index contributed by atoms with van der Waals surface area (Å²) in [5.41, 5.74) is 0.550. The molecule has 2 rings (SSSR count). The lowest BCUT2D eigenvalue weighted by Crippen LogP contribution is -2.30. The Bertz CT molecular complexity index is 421. The molecule has 0 unspecified atom stereocenters. The molecule has 3 nitrogen and oxygen atoms in total. The van der Waals surface area contributed by atoms with Gasteiger partial charge >= 0.3 is 5.97 Å². The number of carboxylic acid groups (broad SMARTS) is 1. The molecular weight excluding hydrogens is 209 g/mol. The van der Waals surface area contributed by atoms with Gasteiger partial charge in [-0.15, -0.1) is 0 Å². The average Bonchev–Trinajstić information content (AvgIpc) is 2.63. The molecular formula is C12H14FNO2. The lowest BCUT2D eigenvalue weighted by Gasteiger charge is -2.23. The van der Waals surface area contributed by atoms with Crippen LogP contribution in [0.15, 0.2) is 24.3 Å². The average molecular weight is 223 g/mol. The van der Waals surface area contributed by atoms with Crippen LogP contribution in [-0.4, -0.2) is 23.7 Å². The molecule has 1 aromatic carbocycles. The van der Waals surface area contributed by atoms with Crippen LogP contribution in [0.2, 0.25) is 0 Å². The number of aliphatic carboxylic acids is 1. The molecule has 1 aliphatic heterocycles. The van der Waals surface area contributed by atoms with Gasteiger partial charge < -0.3 is 10.4 Å². The molecule has 0 aromatic heterocycles. The Morgan fingerprint density at radius 3 is 2.94 bits per heavy atom. The highest BCUT2D eigenvalue weighted by atomic mass is 19.1. The van der Waals surface area contributed by atoms with Gasteiger partial charge in [0.2, 0.25) is 0 Å². The third-order valence-corrected chi connectivity index (χ3v) is 3.21. The third-order valence-electron chi connectivity index (χ3n) is 3.21. The van der Waals surface area contributed by atoms with Gasteiger partial charge in [-0.05, 0) is 24.1 Å². The van der Waals surface area contributed by atoms with Crippen LogP contribution < -0.4 is 5.32 Å². The van der Waals surface area contributed by atoms with E-state index in [1.165, 1.54) is 12.1 Å². The van der Waals surface area contributed by atoms with E-state index < -0.39 is 12.0 Å². The second-order valence-electron chi connectivity index (χ2n) is 4.55. The maximum atomic E-state index is 13.1. The largest absolute Gasteiger partial charge is 0.480 e. The molecule has 0 radical (unpaired) electrons. The lowest BCUT2D eigenvalue weighted by molar-refractivity contribution is -0.139. The Morgan fingerprint density at radius 1 is 1.62 bits per heavy atom. The van der Waals surface area contributed by atoms with Crippen molar-refractivity contribution >= 4 is 5.97 Å². The summed E-state index contributed by atoms with van der Waals surface area (Å²) in [5, 5.41) is 11.9. The van der Waals surface area contributed by atoms with Crippen LogP contribution in [0.3, 0.4) is 0 Å². The number of halogens is 1. The van der Waals surface area contributed by atoms with E-state index in [1.807, 2.05) is 13.0 Å². The topological polar surface area (TPSA) is 49.3 Å². The standard InChI is InChI=1S/C12H14FNO2/c1-12(6-10(11(15)16)14-7-12)8-3-2-4-9(13)5-8/h2-5,10,14H,6-7H2,1H3,(H,15,16)/t10-,12-/m0/s1. The highest BCUT2D eigenvalue weighted by Crippen LogP contribution is 2.33. The number of carbonyl (C=O) groups is 1. The Kier molecular flexibility index (Phi) is 2.68. The van der Waals surface area contributed by atoms with Crippen LogP contribution in [0.5, 0.6) is 0 Å². The molecule has 0 saturated carbocycles. The van der Waals surface area contributed by atoms with Crippen molar-refractivity contribution in [3.8, 4) is 0 Å². The van der Waals surface area contributed by atoms with Gasteiger partial charge in [0.05, 0.1) is 0 Å². The van der Waals surface area contributed by atoms with Gasteiger partial charge in [-0.2, -0.15) is 0 Å². The first kappa shape index (κ1) is 11.1. The molecule has 86 valence electrons. The predicted octanol–water partition coefficient (Wildman–Crippen LogP) is 1.53. The first-order valence-electron chi connectivity index (χ1n) is 5.23. The molecule has 1 saturated heterocycles. The van der Waals surface area contributed by atoms with Crippen LogP contribution in [0.4, 0.5) is 4.39 Å². The monoisotopic (exact) mass is 223 g/mol. The normalized spacial score (nSPS) is 29.2. The van der Waals surface area contributed by atoms with E-state index >= 15 is 0 Å². The molecule has 0 amide bonds. The van der Waals surface area contributed by atoms with Crippen LogP contribution in [-0.2, 0) is 10.2 Å². The molecule has 16 heavy (non-hydrogen) atoms. The fourth-order valence-electron chi connectivity index (χ4n) is 2.20. The number of hydrogen-bond donors (Lipinski definition) is 2. The summed E-state index contributed by atoms with van der Waals surface area (Å²) in [5.74, 6) is -1.13. The van der Waals surface area contributed by atoms with Gasteiger partial charge in [-0.3, -0.25) is 4.79 Å². The summed E-state index contributed by atoms with van der Waals surface area (Å²) in [6, 6.07) is 5.84. The maximum Gasteiger partial charge on any atom is 0.320 e. The molecule has 4 heteroatoms. The summed E-state index contributed by atoms with van der Waals surface area (Å²) in [6.45, 7) is 2.52. The van der Waals surface area contributed by atoms with E-state index in [-0.39, 0.29) is 11.2 Å². The second-order valence-corrected chi connectivity index (χ2v) is 4.55. The zero-order chi connectivity index (χ0) is 11.8. The minimum absolute atomic E-state index is 0.280. The molecule has 0 aliphatic carbocycles. The SMILES string of the molecule is C[C@@]1(c2cccc(F)c2)CN[C@H](C(=O)O)C1. The van der Waals surface area contributed by atoms with E-state index in [1.54, 1.807) is 6.07 Å².